The molecule has 0 aromatic heterocycles. The average Bonchev–Trinajstić information content (AvgIpc) is 3.23. The monoisotopic (exact) mass is 881 g/mol. The van der Waals surface area contributed by atoms with Crippen molar-refractivity contribution in [2.24, 2.45) is 0 Å². The molecular weight excluding hydrogens is 787 g/mol. The molecule has 1 fully saturated rings. The number of carbonyl (C=O) groups is 1. The summed E-state index contributed by atoms with van der Waals surface area (Å²) in [7, 11) is -5.01. The number of phosphoric ester groups is 1. The lowest BCUT2D eigenvalue weighted by molar-refractivity contribution is -0.220. The summed E-state index contributed by atoms with van der Waals surface area (Å²) in [5, 5.41) is 50.2. The quantitative estimate of drug-likeness (QED) is 0.0193. The molecule has 60 heavy (non-hydrogen) atoms. The fraction of sp³-hybridized carbons (Fsp3) is 0.979. The van der Waals surface area contributed by atoms with Crippen LogP contribution in [0.25, 0.3) is 0 Å². The van der Waals surface area contributed by atoms with E-state index in [1.165, 1.54) is 167 Å². The van der Waals surface area contributed by atoms with Crippen LogP contribution in [0.1, 0.15) is 232 Å². The molecule has 12 nitrogen and oxygen atoms in total. The van der Waals surface area contributed by atoms with Gasteiger partial charge in [0.15, 0.2) is 0 Å². The molecule has 0 radical (unpaired) electrons. The van der Waals surface area contributed by atoms with Crippen LogP contribution in [-0.4, -0.2) is 98.9 Å². The first kappa shape index (κ1) is 57.4. The van der Waals surface area contributed by atoms with Crippen LogP contribution >= 0.6 is 7.82 Å². The van der Waals surface area contributed by atoms with Gasteiger partial charge >= 0.3 is 13.8 Å². The second kappa shape index (κ2) is 38.8. The van der Waals surface area contributed by atoms with E-state index in [-0.39, 0.29) is 13.0 Å². The van der Waals surface area contributed by atoms with E-state index < -0.39 is 63.1 Å². The van der Waals surface area contributed by atoms with Gasteiger partial charge in [-0.1, -0.05) is 213 Å². The number of phosphoric acid groups is 1. The molecule has 0 aromatic rings. The van der Waals surface area contributed by atoms with Crippen molar-refractivity contribution in [2.45, 2.75) is 275 Å². The van der Waals surface area contributed by atoms with Crippen molar-refractivity contribution >= 4 is 13.8 Å². The van der Waals surface area contributed by atoms with Crippen molar-refractivity contribution in [1.82, 2.24) is 0 Å². The van der Waals surface area contributed by atoms with E-state index in [2.05, 4.69) is 13.8 Å². The summed E-state index contributed by atoms with van der Waals surface area (Å²) in [6.45, 7) is 4.31. The van der Waals surface area contributed by atoms with Gasteiger partial charge in [0.05, 0.1) is 13.2 Å². The second-order valence-electron chi connectivity index (χ2n) is 17.7. The van der Waals surface area contributed by atoms with Gasteiger partial charge in [-0.05, 0) is 12.8 Å². The van der Waals surface area contributed by atoms with Crippen LogP contribution < -0.4 is 0 Å². The van der Waals surface area contributed by atoms with Crippen LogP contribution in [-0.2, 0) is 27.9 Å². The molecule has 358 valence electrons. The fourth-order valence-electron chi connectivity index (χ4n) is 8.01. The highest BCUT2D eigenvalue weighted by atomic mass is 31.2. The highest BCUT2D eigenvalue weighted by molar-refractivity contribution is 7.47. The zero-order valence-corrected chi connectivity index (χ0v) is 39.2. The van der Waals surface area contributed by atoms with Gasteiger partial charge in [-0.2, -0.15) is 0 Å². The summed E-state index contributed by atoms with van der Waals surface area (Å²) in [6, 6.07) is 0. The molecular formula is C47H93O12P. The molecule has 0 aromatic carbocycles. The van der Waals surface area contributed by atoms with Gasteiger partial charge in [-0.25, -0.2) is 4.57 Å². The molecule has 0 aliphatic heterocycles. The summed E-state index contributed by atoms with van der Waals surface area (Å²) < 4.78 is 34.3. The Bertz CT molecular complexity index is 1000. The van der Waals surface area contributed by atoms with Crippen LogP contribution in [0.15, 0.2) is 0 Å². The molecule has 6 atom stereocenters. The highest BCUT2D eigenvalue weighted by Crippen LogP contribution is 2.47. The Morgan fingerprint density at radius 2 is 0.783 bits per heavy atom. The van der Waals surface area contributed by atoms with Crippen LogP contribution in [0.4, 0.5) is 0 Å². The number of aliphatic hydroxyl groups excluding tert-OH is 5. The van der Waals surface area contributed by atoms with E-state index in [9.17, 15) is 39.8 Å². The SMILES string of the molecule is CCCCCCCCCCCCCCCCCCCCOCC(COP(=O)(O)OC1C(O)C(O)C(O)C(O)C1O)OC(=O)CCCCCCCCCCCCCCCCC. The molecule has 6 N–H and O–H groups in total. The minimum Gasteiger partial charge on any atom is -0.457 e. The van der Waals surface area contributed by atoms with E-state index in [0.717, 1.165) is 38.5 Å². The molecule has 1 rings (SSSR count). The third kappa shape index (κ3) is 30.4. The van der Waals surface area contributed by atoms with E-state index in [4.69, 9.17) is 18.5 Å². The van der Waals surface area contributed by atoms with Gasteiger partial charge in [-0.3, -0.25) is 13.8 Å². The maximum absolute atomic E-state index is 12.8. The Morgan fingerprint density at radius 3 is 1.15 bits per heavy atom. The van der Waals surface area contributed by atoms with Gasteiger partial charge in [0.2, 0.25) is 0 Å². The molecule has 0 amide bonds. The topological polar surface area (TPSA) is 192 Å². The maximum Gasteiger partial charge on any atom is 0.472 e. The van der Waals surface area contributed by atoms with Crippen molar-refractivity contribution in [3.8, 4) is 0 Å². The summed E-state index contributed by atoms with van der Waals surface area (Å²) in [5.74, 6) is -0.470. The third-order valence-corrected chi connectivity index (χ3v) is 13.0. The summed E-state index contributed by atoms with van der Waals surface area (Å²) in [5.41, 5.74) is 0. The third-order valence-electron chi connectivity index (χ3n) is 12.0. The normalized spacial score (nSPS) is 22.2. The molecule has 1 aliphatic carbocycles. The number of carbonyl (C=O) groups excluding carboxylic acids is 1. The summed E-state index contributed by atoms with van der Waals surface area (Å²) in [4.78, 5) is 23.2. The van der Waals surface area contributed by atoms with Crippen molar-refractivity contribution in [1.29, 1.82) is 0 Å². The first-order valence-corrected chi connectivity index (χ1v) is 26.4. The van der Waals surface area contributed by atoms with E-state index in [0.29, 0.717) is 13.0 Å². The average molecular weight is 881 g/mol. The van der Waals surface area contributed by atoms with Crippen molar-refractivity contribution in [2.75, 3.05) is 19.8 Å². The lowest BCUT2D eigenvalue weighted by Gasteiger charge is -2.41. The largest absolute Gasteiger partial charge is 0.472 e. The summed E-state index contributed by atoms with van der Waals surface area (Å²) >= 11 is 0. The molecule has 6 unspecified atom stereocenters. The molecule has 0 saturated heterocycles. The number of ether oxygens (including phenoxy) is 2. The van der Waals surface area contributed by atoms with Crippen molar-refractivity contribution in [3.63, 3.8) is 0 Å². The fourth-order valence-corrected chi connectivity index (χ4v) is 8.98. The van der Waals surface area contributed by atoms with Gasteiger partial charge in [-0.15, -0.1) is 0 Å². The number of esters is 1. The van der Waals surface area contributed by atoms with Crippen molar-refractivity contribution in [3.05, 3.63) is 0 Å². The van der Waals surface area contributed by atoms with Crippen LogP contribution in [0.5, 0.6) is 0 Å². The molecule has 13 heteroatoms. The molecule has 1 aliphatic rings. The minimum absolute atomic E-state index is 0.0676. The Labute approximate surface area is 365 Å². The second-order valence-corrected chi connectivity index (χ2v) is 19.1. The van der Waals surface area contributed by atoms with Gasteiger partial charge in [0.1, 0.15) is 42.7 Å². The predicted octanol–water partition coefficient (Wildman–Crippen LogP) is 10.5. The Hall–Kier alpha value is -0.660. The number of rotatable bonds is 43. The Balaban J connectivity index is 2.34. The lowest BCUT2D eigenvalue weighted by Crippen LogP contribution is -2.64. The summed E-state index contributed by atoms with van der Waals surface area (Å²) in [6.07, 6.45) is 28.8. The number of unbranched alkanes of at least 4 members (excludes halogenated alkanes) is 31. The first-order valence-electron chi connectivity index (χ1n) is 24.9. The van der Waals surface area contributed by atoms with Crippen LogP contribution in [0, 0.1) is 0 Å². The van der Waals surface area contributed by atoms with Gasteiger partial charge < -0.3 is 39.9 Å². The highest BCUT2D eigenvalue weighted by Gasteiger charge is 2.51. The maximum atomic E-state index is 12.8. The molecule has 0 bridgehead atoms. The van der Waals surface area contributed by atoms with Gasteiger partial charge in [0.25, 0.3) is 0 Å². The predicted molar refractivity (Wildman–Crippen MR) is 240 cm³/mol. The lowest BCUT2D eigenvalue weighted by atomic mass is 9.85. The zero-order chi connectivity index (χ0) is 44.1. The molecule has 0 heterocycles. The number of hydrogen-bond donors (Lipinski definition) is 6. The number of hydrogen-bond acceptors (Lipinski definition) is 11. The standard InChI is InChI=1S/C47H93O12P/c1-3-5-7-9-11-13-15-17-19-20-21-23-25-27-29-31-33-35-37-56-38-40(39-57-60(54,55)59-47-45(52)43(50)42(49)44(51)46(47)53)58-41(48)36-34-32-30-28-26-24-22-18-16-14-12-10-8-6-4-2/h40,42-47,49-53H,3-39H2,1-2H3,(H,54,55). The molecule has 0 spiro atoms. The smallest absolute Gasteiger partial charge is 0.457 e. The molecule has 1 saturated carbocycles. The number of aliphatic hydroxyl groups is 5. The van der Waals surface area contributed by atoms with Crippen LogP contribution in [0.2, 0.25) is 0 Å². The van der Waals surface area contributed by atoms with E-state index >= 15 is 0 Å². The first-order chi connectivity index (χ1) is 29.0. The van der Waals surface area contributed by atoms with E-state index in [1.54, 1.807) is 0 Å². The van der Waals surface area contributed by atoms with Gasteiger partial charge in [0, 0.05) is 13.0 Å². The van der Waals surface area contributed by atoms with E-state index in [1.807, 2.05) is 0 Å². The zero-order valence-electron chi connectivity index (χ0n) is 38.3. The Kier molecular flexibility index (Phi) is 37.1. The van der Waals surface area contributed by atoms with Crippen LogP contribution in [0.3, 0.4) is 0 Å². The van der Waals surface area contributed by atoms with Crippen molar-refractivity contribution < 1.29 is 58.3 Å². The Morgan fingerprint density at radius 1 is 0.467 bits per heavy atom. The minimum atomic E-state index is -5.01.